The number of carbonyl (C=O) groups is 1. The Balaban J connectivity index is 1.88. The molecule has 0 radical (unpaired) electrons. The zero-order valence-electron chi connectivity index (χ0n) is 13.8. The summed E-state index contributed by atoms with van der Waals surface area (Å²) in [5.41, 5.74) is 0.570. The van der Waals surface area contributed by atoms with Gasteiger partial charge in [0.2, 0.25) is 10.0 Å². The highest BCUT2D eigenvalue weighted by Gasteiger charge is 2.31. The number of nitrogens with zero attached hydrogens (tertiary/aromatic N) is 1. The first-order chi connectivity index (χ1) is 12.2. The second-order valence-corrected chi connectivity index (χ2v) is 8.19. The topological polar surface area (TPSA) is 75.7 Å². The van der Waals surface area contributed by atoms with Crippen molar-refractivity contribution >= 4 is 38.9 Å². The Bertz CT molecular complexity index is 952. The van der Waals surface area contributed by atoms with E-state index in [-0.39, 0.29) is 24.4 Å². The summed E-state index contributed by atoms with van der Waals surface area (Å²) in [4.78, 5) is 12.5. The van der Waals surface area contributed by atoms with E-state index in [9.17, 15) is 17.6 Å². The molecule has 1 amide bonds. The third-order valence-electron chi connectivity index (χ3n) is 3.84. The summed E-state index contributed by atoms with van der Waals surface area (Å²) in [6, 6.07) is 10.0. The molecule has 0 aromatic heterocycles. The van der Waals surface area contributed by atoms with Crippen molar-refractivity contribution in [2.75, 3.05) is 22.4 Å². The van der Waals surface area contributed by atoms with Crippen LogP contribution in [0.3, 0.4) is 0 Å². The van der Waals surface area contributed by atoms with Crippen LogP contribution in [0, 0.1) is 5.82 Å². The van der Waals surface area contributed by atoms with Crippen molar-refractivity contribution < 1.29 is 22.3 Å². The second-order valence-electron chi connectivity index (χ2n) is 5.84. The van der Waals surface area contributed by atoms with Gasteiger partial charge in [-0.1, -0.05) is 17.7 Å². The Morgan fingerprint density at radius 1 is 1.31 bits per heavy atom. The van der Waals surface area contributed by atoms with Crippen LogP contribution in [0.15, 0.2) is 42.5 Å². The third-order valence-corrected chi connectivity index (χ3v) is 5.25. The number of fused-ring (bicyclic) bond motifs is 1. The van der Waals surface area contributed by atoms with Crippen molar-refractivity contribution in [3.8, 4) is 5.75 Å². The molecule has 6 nitrogen and oxygen atoms in total. The molecule has 1 heterocycles. The number of hydrogen-bond donors (Lipinski definition) is 1. The lowest BCUT2D eigenvalue weighted by atomic mass is 10.2. The number of ether oxygens (including phenoxy) is 1. The summed E-state index contributed by atoms with van der Waals surface area (Å²) >= 11 is 5.97. The average molecular weight is 399 g/mol. The Labute approximate surface area is 155 Å². The molecule has 1 N–H and O–H groups in total. The van der Waals surface area contributed by atoms with E-state index in [4.69, 9.17) is 16.3 Å². The monoisotopic (exact) mass is 398 g/mol. The standard InChI is InChI=1S/C17H16ClFN2O4S/c1-26(23,24)21-8-7-16(25-15-6-5-11(18)9-14(15)21)17(22)20-13-4-2-3-12(19)10-13/h2-6,9-10,16H,7-8H2,1H3,(H,20,22). The van der Waals surface area contributed by atoms with Crippen molar-refractivity contribution in [3.05, 3.63) is 53.3 Å². The fourth-order valence-corrected chi connectivity index (χ4v) is 3.77. The molecule has 2 aromatic carbocycles. The molecule has 0 saturated heterocycles. The molecule has 1 aliphatic heterocycles. The summed E-state index contributed by atoms with van der Waals surface area (Å²) in [5, 5.41) is 2.93. The summed E-state index contributed by atoms with van der Waals surface area (Å²) < 4.78 is 44.4. The second kappa shape index (κ2) is 7.13. The molecule has 0 aliphatic carbocycles. The number of carbonyl (C=O) groups excluding carboxylic acids is 1. The molecular weight excluding hydrogens is 383 g/mol. The molecule has 26 heavy (non-hydrogen) atoms. The first-order valence-electron chi connectivity index (χ1n) is 7.74. The summed E-state index contributed by atoms with van der Waals surface area (Å²) in [6.07, 6.45) is 0.260. The van der Waals surface area contributed by atoms with Crippen LogP contribution < -0.4 is 14.4 Å². The molecule has 0 spiro atoms. The number of anilines is 2. The van der Waals surface area contributed by atoms with Gasteiger partial charge in [-0.3, -0.25) is 9.10 Å². The van der Waals surface area contributed by atoms with Crippen LogP contribution in [0.5, 0.6) is 5.75 Å². The van der Waals surface area contributed by atoms with Crippen molar-refractivity contribution in [2.45, 2.75) is 12.5 Å². The Kier molecular flexibility index (Phi) is 5.06. The first kappa shape index (κ1) is 18.5. The van der Waals surface area contributed by atoms with E-state index in [1.165, 1.54) is 30.3 Å². The first-order valence-corrected chi connectivity index (χ1v) is 9.97. The number of amides is 1. The van der Waals surface area contributed by atoms with Crippen LogP contribution in [-0.4, -0.2) is 33.2 Å². The van der Waals surface area contributed by atoms with E-state index in [2.05, 4.69) is 5.32 Å². The maximum absolute atomic E-state index is 13.3. The minimum atomic E-state index is -3.58. The maximum atomic E-state index is 13.3. The highest BCUT2D eigenvalue weighted by Crippen LogP contribution is 2.36. The van der Waals surface area contributed by atoms with Gasteiger partial charge in [-0.2, -0.15) is 0 Å². The van der Waals surface area contributed by atoms with E-state index in [1.807, 2.05) is 0 Å². The van der Waals surface area contributed by atoms with Crippen LogP contribution in [0.1, 0.15) is 6.42 Å². The van der Waals surface area contributed by atoms with Crippen molar-refractivity contribution in [1.82, 2.24) is 0 Å². The Morgan fingerprint density at radius 3 is 2.77 bits per heavy atom. The van der Waals surface area contributed by atoms with Crippen LogP contribution >= 0.6 is 11.6 Å². The van der Waals surface area contributed by atoms with Crippen LogP contribution in [0.4, 0.5) is 15.8 Å². The van der Waals surface area contributed by atoms with Crippen molar-refractivity contribution in [1.29, 1.82) is 0 Å². The van der Waals surface area contributed by atoms with Gasteiger partial charge in [0.25, 0.3) is 5.91 Å². The number of nitrogens with one attached hydrogen (secondary N) is 1. The molecular formula is C17H16ClFN2O4S. The molecule has 0 saturated carbocycles. The van der Waals surface area contributed by atoms with E-state index in [1.54, 1.807) is 12.1 Å². The number of hydrogen-bond acceptors (Lipinski definition) is 4. The molecule has 0 fully saturated rings. The number of benzene rings is 2. The predicted octanol–water partition coefficient (Wildman–Crippen LogP) is 3.03. The average Bonchev–Trinajstić information content (AvgIpc) is 2.73. The third kappa shape index (κ3) is 4.08. The lowest BCUT2D eigenvalue weighted by molar-refractivity contribution is -0.122. The summed E-state index contributed by atoms with van der Waals surface area (Å²) in [7, 11) is -3.58. The molecule has 9 heteroatoms. The lowest BCUT2D eigenvalue weighted by Gasteiger charge is -2.21. The lowest BCUT2D eigenvalue weighted by Crippen LogP contribution is -2.36. The van der Waals surface area contributed by atoms with Crippen molar-refractivity contribution in [2.24, 2.45) is 0 Å². The summed E-state index contributed by atoms with van der Waals surface area (Å²) in [6.45, 7) is 0.0490. The smallest absolute Gasteiger partial charge is 0.265 e. The molecule has 2 aromatic rings. The fourth-order valence-electron chi connectivity index (χ4n) is 2.67. The van der Waals surface area contributed by atoms with Gasteiger partial charge >= 0.3 is 0 Å². The van der Waals surface area contributed by atoms with E-state index in [0.717, 1.165) is 10.6 Å². The van der Waals surface area contributed by atoms with Gasteiger partial charge in [0, 0.05) is 23.7 Å². The normalized spacial score (nSPS) is 17.0. The minimum absolute atomic E-state index is 0.0490. The number of sulfonamides is 1. The summed E-state index contributed by atoms with van der Waals surface area (Å²) in [5.74, 6) is -0.739. The molecule has 1 unspecified atom stereocenters. The number of halogens is 2. The van der Waals surface area contributed by atoms with Gasteiger partial charge in [-0.25, -0.2) is 12.8 Å². The highest BCUT2D eigenvalue weighted by atomic mass is 35.5. The SMILES string of the molecule is CS(=O)(=O)N1CCC(C(=O)Nc2cccc(F)c2)Oc2ccc(Cl)cc21. The van der Waals surface area contributed by atoms with Crippen molar-refractivity contribution in [3.63, 3.8) is 0 Å². The molecule has 1 aliphatic rings. The molecule has 138 valence electrons. The fraction of sp³-hybridized carbons (Fsp3) is 0.235. The van der Waals surface area contributed by atoms with Gasteiger partial charge < -0.3 is 10.1 Å². The van der Waals surface area contributed by atoms with Gasteiger partial charge in [0.15, 0.2) is 6.10 Å². The quantitative estimate of drug-likeness (QED) is 0.862. The molecule has 3 rings (SSSR count). The highest BCUT2D eigenvalue weighted by molar-refractivity contribution is 7.92. The Hall–Kier alpha value is -2.32. The van der Waals surface area contributed by atoms with Gasteiger partial charge in [0.05, 0.1) is 11.9 Å². The molecule has 1 atom stereocenters. The van der Waals surface area contributed by atoms with Gasteiger partial charge in [0.1, 0.15) is 11.6 Å². The largest absolute Gasteiger partial charge is 0.478 e. The van der Waals surface area contributed by atoms with Crippen LogP contribution in [0.25, 0.3) is 0 Å². The van der Waals surface area contributed by atoms with E-state index < -0.39 is 27.9 Å². The Morgan fingerprint density at radius 2 is 2.08 bits per heavy atom. The zero-order valence-corrected chi connectivity index (χ0v) is 15.3. The predicted molar refractivity (Wildman–Crippen MR) is 97.7 cm³/mol. The zero-order chi connectivity index (χ0) is 18.9. The minimum Gasteiger partial charge on any atom is -0.478 e. The molecule has 0 bridgehead atoms. The van der Waals surface area contributed by atoms with E-state index >= 15 is 0 Å². The van der Waals surface area contributed by atoms with Crippen LogP contribution in [0.2, 0.25) is 5.02 Å². The van der Waals surface area contributed by atoms with Crippen LogP contribution in [-0.2, 0) is 14.8 Å². The van der Waals surface area contributed by atoms with Gasteiger partial charge in [-0.05, 0) is 36.4 Å². The van der Waals surface area contributed by atoms with E-state index in [0.29, 0.717) is 10.7 Å². The maximum Gasteiger partial charge on any atom is 0.265 e. The number of rotatable bonds is 3. The van der Waals surface area contributed by atoms with Gasteiger partial charge in [-0.15, -0.1) is 0 Å².